The number of anilines is 1. The van der Waals surface area contributed by atoms with E-state index in [9.17, 15) is 13.2 Å². The monoisotopic (exact) mass is 297 g/mol. The van der Waals surface area contributed by atoms with E-state index in [1.54, 1.807) is 18.2 Å². The highest BCUT2D eigenvalue weighted by molar-refractivity contribution is 7.91. The van der Waals surface area contributed by atoms with Gasteiger partial charge in [0.2, 0.25) is 15.7 Å². The van der Waals surface area contributed by atoms with Gasteiger partial charge in [0.05, 0.1) is 5.75 Å². The Morgan fingerprint density at radius 2 is 2.20 bits per heavy atom. The summed E-state index contributed by atoms with van der Waals surface area (Å²) in [6, 6.07) is 4.72. The Morgan fingerprint density at radius 3 is 2.90 bits per heavy atom. The summed E-state index contributed by atoms with van der Waals surface area (Å²) < 4.78 is 29.3. The van der Waals surface area contributed by atoms with Crippen molar-refractivity contribution in [3.63, 3.8) is 0 Å². The number of hydrogen-bond acceptors (Lipinski definition) is 6. The van der Waals surface area contributed by atoms with E-state index >= 15 is 0 Å². The average Bonchev–Trinajstić information content (AvgIpc) is 2.82. The molecule has 0 aliphatic heterocycles. The lowest BCUT2D eigenvalue weighted by atomic mass is 10.3. The number of sulfone groups is 1. The van der Waals surface area contributed by atoms with Gasteiger partial charge in [-0.1, -0.05) is 0 Å². The van der Waals surface area contributed by atoms with Crippen LogP contribution in [0.4, 0.5) is 5.69 Å². The van der Waals surface area contributed by atoms with Crippen LogP contribution in [0, 0.1) is 0 Å². The number of fused-ring (bicyclic) bond motifs is 1. The van der Waals surface area contributed by atoms with Crippen molar-refractivity contribution >= 4 is 32.5 Å². The Bertz CT molecular complexity index is 736. The van der Waals surface area contributed by atoms with Crippen LogP contribution in [0.3, 0.4) is 0 Å². The number of aromatic nitrogens is 1. The molecule has 108 valence electrons. The molecule has 0 aliphatic carbocycles. The van der Waals surface area contributed by atoms with Crippen molar-refractivity contribution in [3.8, 4) is 0 Å². The smallest absolute Gasteiger partial charge is 0.316 e. The van der Waals surface area contributed by atoms with Crippen molar-refractivity contribution in [3.05, 3.63) is 18.2 Å². The van der Waals surface area contributed by atoms with Crippen molar-refractivity contribution in [2.45, 2.75) is 18.1 Å². The Kier molecular flexibility index (Phi) is 3.93. The van der Waals surface area contributed by atoms with Gasteiger partial charge >= 0.3 is 5.22 Å². The Balaban J connectivity index is 2.17. The second-order valence-corrected chi connectivity index (χ2v) is 6.29. The highest BCUT2D eigenvalue weighted by Gasteiger charge is 2.22. The zero-order chi connectivity index (χ0) is 14.8. The van der Waals surface area contributed by atoms with Crippen molar-refractivity contribution in [1.29, 1.82) is 0 Å². The number of nitrogen functional groups attached to an aromatic ring is 1. The third-order valence-corrected chi connectivity index (χ3v) is 4.29. The molecule has 0 aliphatic rings. The number of nitrogens with two attached hydrogens (primary N) is 1. The second kappa shape index (κ2) is 5.49. The quantitative estimate of drug-likeness (QED) is 0.785. The lowest BCUT2D eigenvalue weighted by molar-refractivity contribution is -0.120. The first-order chi connectivity index (χ1) is 9.42. The van der Waals surface area contributed by atoms with Crippen LogP contribution in [-0.2, 0) is 14.6 Å². The molecule has 1 heterocycles. The summed E-state index contributed by atoms with van der Waals surface area (Å²) in [7, 11) is -2.14. The summed E-state index contributed by atoms with van der Waals surface area (Å²) in [6.45, 7) is 0. The highest BCUT2D eigenvalue weighted by atomic mass is 32.2. The molecule has 0 radical (unpaired) electrons. The Hall–Kier alpha value is -2.09. The number of hydrogen-bond donors (Lipinski definition) is 2. The van der Waals surface area contributed by atoms with Gasteiger partial charge in [-0.25, -0.2) is 8.42 Å². The molecule has 2 aromatic rings. The van der Waals surface area contributed by atoms with Gasteiger partial charge in [-0.05, 0) is 24.6 Å². The first-order valence-electron chi connectivity index (χ1n) is 6.02. The third kappa shape index (κ3) is 3.08. The zero-order valence-corrected chi connectivity index (χ0v) is 11.7. The molecule has 0 bridgehead atoms. The van der Waals surface area contributed by atoms with Crippen LogP contribution in [-0.4, -0.2) is 32.1 Å². The maximum absolute atomic E-state index is 12.0. The fourth-order valence-electron chi connectivity index (χ4n) is 1.69. The Labute approximate surface area is 116 Å². The number of nitrogens with zero attached hydrogens (tertiary/aromatic N) is 1. The minimum atomic E-state index is -3.64. The van der Waals surface area contributed by atoms with E-state index in [1.807, 2.05) is 0 Å². The summed E-state index contributed by atoms with van der Waals surface area (Å²) >= 11 is 0. The second-order valence-electron chi connectivity index (χ2n) is 4.30. The van der Waals surface area contributed by atoms with E-state index < -0.39 is 9.84 Å². The van der Waals surface area contributed by atoms with Gasteiger partial charge < -0.3 is 15.5 Å². The molecule has 0 unspecified atom stereocenters. The normalized spacial score (nSPS) is 11.7. The first-order valence-corrected chi connectivity index (χ1v) is 7.67. The number of carbonyl (C=O) groups excluding carboxylic acids is 1. The maximum Gasteiger partial charge on any atom is 0.316 e. The molecule has 0 saturated carbocycles. The largest absolute Gasteiger partial charge is 0.428 e. The van der Waals surface area contributed by atoms with Crippen molar-refractivity contribution in [2.75, 3.05) is 18.5 Å². The third-order valence-electron chi connectivity index (χ3n) is 2.75. The van der Waals surface area contributed by atoms with E-state index in [0.717, 1.165) is 0 Å². The van der Waals surface area contributed by atoms with Crippen LogP contribution >= 0.6 is 0 Å². The molecule has 0 atom stereocenters. The van der Waals surface area contributed by atoms with Crippen LogP contribution in [0.1, 0.15) is 12.8 Å². The molecule has 2 rings (SSSR count). The van der Waals surface area contributed by atoms with Gasteiger partial charge in [0.1, 0.15) is 5.52 Å². The molecule has 3 N–H and O–H groups in total. The fourth-order valence-corrected chi connectivity index (χ4v) is 2.84. The summed E-state index contributed by atoms with van der Waals surface area (Å²) in [4.78, 5) is 15.0. The lowest BCUT2D eigenvalue weighted by Crippen LogP contribution is -2.18. The van der Waals surface area contributed by atoms with Crippen LogP contribution in [0.2, 0.25) is 0 Å². The first kappa shape index (κ1) is 14.3. The Morgan fingerprint density at radius 1 is 1.45 bits per heavy atom. The van der Waals surface area contributed by atoms with Gasteiger partial charge in [-0.15, -0.1) is 0 Å². The highest BCUT2D eigenvalue weighted by Crippen LogP contribution is 2.22. The van der Waals surface area contributed by atoms with Gasteiger partial charge in [0.25, 0.3) is 0 Å². The van der Waals surface area contributed by atoms with Crippen LogP contribution < -0.4 is 11.1 Å². The molecule has 1 aromatic heterocycles. The summed E-state index contributed by atoms with van der Waals surface area (Å²) in [5.74, 6) is -0.395. The molecule has 0 spiro atoms. The molecule has 0 fully saturated rings. The topological polar surface area (TPSA) is 115 Å². The fraction of sp³-hybridized carbons (Fsp3) is 0.333. The summed E-state index contributed by atoms with van der Waals surface area (Å²) in [5, 5.41) is 2.09. The molecular weight excluding hydrogens is 282 g/mol. The number of nitrogens with one attached hydrogen (secondary N) is 1. The predicted molar refractivity (Wildman–Crippen MR) is 73.8 cm³/mol. The number of carbonyl (C=O) groups is 1. The molecule has 1 amide bonds. The van der Waals surface area contributed by atoms with E-state index in [-0.39, 0.29) is 29.7 Å². The van der Waals surface area contributed by atoms with Crippen LogP contribution in [0.25, 0.3) is 11.1 Å². The van der Waals surface area contributed by atoms with Gasteiger partial charge in [-0.3, -0.25) is 4.79 Å². The molecule has 1 aromatic carbocycles. The predicted octanol–water partition coefficient (Wildman–Crippen LogP) is 0.710. The minimum absolute atomic E-state index is 0.142. The van der Waals surface area contributed by atoms with Gasteiger partial charge in [-0.2, -0.15) is 4.98 Å². The minimum Gasteiger partial charge on any atom is -0.428 e. The molecule has 20 heavy (non-hydrogen) atoms. The van der Waals surface area contributed by atoms with Crippen molar-refractivity contribution < 1.29 is 17.6 Å². The number of rotatable bonds is 5. The van der Waals surface area contributed by atoms with E-state index in [1.165, 1.54) is 7.05 Å². The molecule has 8 heteroatoms. The van der Waals surface area contributed by atoms with E-state index in [0.29, 0.717) is 16.8 Å². The van der Waals surface area contributed by atoms with Crippen LogP contribution in [0.5, 0.6) is 0 Å². The number of amides is 1. The standard InChI is InChI=1S/C12H15N3O4S/c1-14-11(16)3-2-6-20(17,18)12-15-9-7-8(13)4-5-10(9)19-12/h4-5,7H,2-3,6,13H2,1H3,(H,14,16). The molecule has 0 saturated heterocycles. The lowest BCUT2D eigenvalue weighted by Gasteiger charge is -1.99. The van der Waals surface area contributed by atoms with E-state index in [2.05, 4.69) is 10.3 Å². The molecule has 7 nitrogen and oxygen atoms in total. The van der Waals surface area contributed by atoms with Gasteiger partial charge in [0.15, 0.2) is 5.58 Å². The zero-order valence-electron chi connectivity index (χ0n) is 10.9. The SMILES string of the molecule is CNC(=O)CCCS(=O)(=O)c1nc2cc(N)ccc2o1. The summed E-state index contributed by atoms with van der Waals surface area (Å²) in [5.41, 5.74) is 6.84. The number of benzene rings is 1. The van der Waals surface area contributed by atoms with Gasteiger partial charge in [0, 0.05) is 19.2 Å². The molecular formula is C12H15N3O4S. The van der Waals surface area contributed by atoms with Crippen molar-refractivity contribution in [2.24, 2.45) is 0 Å². The van der Waals surface area contributed by atoms with E-state index in [4.69, 9.17) is 10.2 Å². The average molecular weight is 297 g/mol. The van der Waals surface area contributed by atoms with Crippen molar-refractivity contribution in [1.82, 2.24) is 10.3 Å². The van der Waals surface area contributed by atoms with Crippen LogP contribution in [0.15, 0.2) is 27.8 Å². The summed E-state index contributed by atoms with van der Waals surface area (Å²) in [6.07, 6.45) is 0.353. The maximum atomic E-state index is 12.0. The number of oxazole rings is 1.